The Labute approximate surface area is 161 Å². The van der Waals surface area contributed by atoms with Crippen LogP contribution in [0.3, 0.4) is 0 Å². The number of hydrogen-bond acceptors (Lipinski definition) is 5. The van der Waals surface area contributed by atoms with Crippen LogP contribution in [0.5, 0.6) is 0 Å². The molecule has 1 fully saturated rings. The molecule has 1 aliphatic heterocycles. The first kappa shape index (κ1) is 19.7. The number of carbonyl (C=O) groups excluding carboxylic acids is 1. The lowest BCUT2D eigenvalue weighted by atomic mass is 9.97. The number of nitrogens with zero attached hydrogens (tertiary/aromatic N) is 5. The van der Waals surface area contributed by atoms with Gasteiger partial charge in [0.25, 0.3) is 5.78 Å². The van der Waals surface area contributed by atoms with Crippen LogP contribution in [0.15, 0.2) is 6.33 Å². The second-order valence-corrected chi connectivity index (χ2v) is 8.65. The SMILES string of the molecule is Cc1nc2ncnn2c(C)c1CCC(=O)NC(C)(C)CN1CCC[C@H](C)C1. The van der Waals surface area contributed by atoms with Gasteiger partial charge < -0.3 is 10.2 Å². The summed E-state index contributed by atoms with van der Waals surface area (Å²) in [4.78, 5) is 23.7. The molecule has 148 valence electrons. The van der Waals surface area contributed by atoms with Crippen LogP contribution in [0, 0.1) is 19.8 Å². The first-order valence-electron chi connectivity index (χ1n) is 9.94. The van der Waals surface area contributed by atoms with Crippen molar-refractivity contribution in [3.8, 4) is 0 Å². The van der Waals surface area contributed by atoms with Crippen molar-refractivity contribution >= 4 is 11.7 Å². The molecule has 3 rings (SSSR count). The van der Waals surface area contributed by atoms with Gasteiger partial charge in [-0.25, -0.2) is 9.50 Å². The van der Waals surface area contributed by atoms with E-state index in [0.717, 1.165) is 42.5 Å². The molecule has 1 N–H and O–H groups in total. The summed E-state index contributed by atoms with van der Waals surface area (Å²) in [5.74, 6) is 1.44. The molecule has 3 heterocycles. The van der Waals surface area contributed by atoms with Gasteiger partial charge in [-0.1, -0.05) is 6.92 Å². The maximum Gasteiger partial charge on any atom is 0.252 e. The summed E-state index contributed by atoms with van der Waals surface area (Å²) >= 11 is 0. The third-order valence-electron chi connectivity index (χ3n) is 5.43. The third-order valence-corrected chi connectivity index (χ3v) is 5.43. The Bertz CT molecular complexity index is 812. The van der Waals surface area contributed by atoms with E-state index in [1.165, 1.54) is 19.2 Å². The van der Waals surface area contributed by atoms with Crippen LogP contribution in [-0.2, 0) is 11.2 Å². The molecular weight excluding hydrogens is 340 g/mol. The van der Waals surface area contributed by atoms with Crippen LogP contribution >= 0.6 is 0 Å². The molecule has 1 aliphatic rings. The van der Waals surface area contributed by atoms with E-state index < -0.39 is 0 Å². The maximum atomic E-state index is 12.6. The third kappa shape index (κ3) is 4.83. The molecule has 1 saturated heterocycles. The molecule has 0 bridgehead atoms. The molecule has 2 aromatic heterocycles. The highest BCUT2D eigenvalue weighted by Crippen LogP contribution is 2.19. The van der Waals surface area contributed by atoms with Crippen molar-refractivity contribution in [2.45, 2.75) is 65.8 Å². The smallest absolute Gasteiger partial charge is 0.252 e. The van der Waals surface area contributed by atoms with Crippen LogP contribution < -0.4 is 5.32 Å². The molecule has 0 unspecified atom stereocenters. The minimum atomic E-state index is -0.230. The van der Waals surface area contributed by atoms with Gasteiger partial charge in [0.2, 0.25) is 5.91 Å². The summed E-state index contributed by atoms with van der Waals surface area (Å²) in [5, 5.41) is 7.44. The normalized spacial score (nSPS) is 18.8. The second-order valence-electron chi connectivity index (χ2n) is 8.65. The van der Waals surface area contributed by atoms with Gasteiger partial charge in [0.15, 0.2) is 0 Å². The summed E-state index contributed by atoms with van der Waals surface area (Å²) in [7, 11) is 0. The number of amides is 1. The highest BCUT2D eigenvalue weighted by atomic mass is 16.1. The molecule has 0 radical (unpaired) electrons. The van der Waals surface area contributed by atoms with E-state index in [2.05, 4.69) is 46.1 Å². The summed E-state index contributed by atoms with van der Waals surface area (Å²) in [5.41, 5.74) is 2.77. The molecule has 0 aromatic carbocycles. The molecule has 1 amide bonds. The lowest BCUT2D eigenvalue weighted by molar-refractivity contribution is -0.122. The predicted octanol–water partition coefficient (Wildman–Crippen LogP) is 2.30. The van der Waals surface area contributed by atoms with Crippen molar-refractivity contribution in [3.63, 3.8) is 0 Å². The number of rotatable bonds is 6. The standard InChI is InChI=1S/C20H32N6O/c1-14-7-6-10-25(11-14)12-20(4,5)24-18(27)9-8-17-15(2)23-19-21-13-22-26(19)16(17)3/h13-14H,6-12H2,1-5H3,(H,24,27)/t14-/m0/s1. The molecule has 27 heavy (non-hydrogen) atoms. The van der Waals surface area contributed by atoms with E-state index in [-0.39, 0.29) is 11.4 Å². The maximum absolute atomic E-state index is 12.6. The van der Waals surface area contributed by atoms with Crippen LogP contribution in [0.25, 0.3) is 5.78 Å². The number of aryl methyl sites for hydroxylation is 2. The zero-order valence-electron chi connectivity index (χ0n) is 17.2. The topological polar surface area (TPSA) is 75.4 Å². The number of carbonyl (C=O) groups is 1. The monoisotopic (exact) mass is 372 g/mol. The van der Waals surface area contributed by atoms with Crippen LogP contribution in [-0.4, -0.2) is 55.6 Å². The van der Waals surface area contributed by atoms with Gasteiger partial charge in [0.1, 0.15) is 6.33 Å². The Morgan fingerprint density at radius 1 is 1.37 bits per heavy atom. The fourth-order valence-electron chi connectivity index (χ4n) is 4.22. The average molecular weight is 373 g/mol. The van der Waals surface area contributed by atoms with Gasteiger partial charge in [-0.2, -0.15) is 10.1 Å². The van der Waals surface area contributed by atoms with Crippen molar-refractivity contribution in [2.75, 3.05) is 19.6 Å². The summed E-state index contributed by atoms with van der Waals surface area (Å²) in [6.45, 7) is 13.7. The number of fused-ring (bicyclic) bond motifs is 1. The molecule has 7 heteroatoms. The predicted molar refractivity (Wildman–Crippen MR) is 106 cm³/mol. The zero-order chi connectivity index (χ0) is 19.6. The number of nitrogens with one attached hydrogen (secondary N) is 1. The Hall–Kier alpha value is -2.02. The van der Waals surface area contributed by atoms with Crippen molar-refractivity contribution in [3.05, 3.63) is 23.3 Å². The Morgan fingerprint density at radius 2 is 2.15 bits per heavy atom. The van der Waals surface area contributed by atoms with Gasteiger partial charge in [-0.3, -0.25) is 4.79 Å². The van der Waals surface area contributed by atoms with Gasteiger partial charge in [0.05, 0.1) is 0 Å². The summed E-state index contributed by atoms with van der Waals surface area (Å²) in [6, 6.07) is 0. The minimum Gasteiger partial charge on any atom is -0.350 e. The van der Waals surface area contributed by atoms with Gasteiger partial charge in [-0.05, 0) is 65.0 Å². The van der Waals surface area contributed by atoms with Gasteiger partial charge >= 0.3 is 0 Å². The van der Waals surface area contributed by atoms with Gasteiger partial charge in [0, 0.05) is 36.4 Å². The fraction of sp³-hybridized carbons (Fsp3) is 0.700. The van der Waals surface area contributed by atoms with E-state index in [0.29, 0.717) is 18.6 Å². The highest BCUT2D eigenvalue weighted by molar-refractivity contribution is 5.77. The van der Waals surface area contributed by atoms with E-state index in [4.69, 9.17) is 0 Å². The highest BCUT2D eigenvalue weighted by Gasteiger charge is 2.26. The van der Waals surface area contributed by atoms with E-state index in [1.807, 2.05) is 13.8 Å². The number of hydrogen-bond donors (Lipinski definition) is 1. The Morgan fingerprint density at radius 3 is 2.89 bits per heavy atom. The summed E-state index contributed by atoms with van der Waals surface area (Å²) < 4.78 is 1.74. The van der Waals surface area contributed by atoms with Gasteiger partial charge in [-0.15, -0.1) is 0 Å². The van der Waals surface area contributed by atoms with E-state index in [9.17, 15) is 4.79 Å². The molecule has 0 saturated carbocycles. The molecule has 7 nitrogen and oxygen atoms in total. The number of piperidine rings is 1. The van der Waals surface area contributed by atoms with E-state index >= 15 is 0 Å². The largest absolute Gasteiger partial charge is 0.350 e. The lowest BCUT2D eigenvalue weighted by Gasteiger charge is -2.37. The zero-order valence-corrected chi connectivity index (χ0v) is 17.2. The average Bonchev–Trinajstić information content (AvgIpc) is 3.02. The quantitative estimate of drug-likeness (QED) is 0.842. The Kier molecular flexibility index (Phi) is 5.79. The number of aromatic nitrogens is 4. The molecule has 0 spiro atoms. The first-order chi connectivity index (χ1) is 12.7. The van der Waals surface area contributed by atoms with Crippen molar-refractivity contribution in [1.29, 1.82) is 0 Å². The second kappa shape index (κ2) is 7.92. The van der Waals surface area contributed by atoms with Crippen molar-refractivity contribution in [2.24, 2.45) is 5.92 Å². The molecular formula is C20H32N6O. The molecule has 0 aliphatic carbocycles. The summed E-state index contributed by atoms with van der Waals surface area (Å²) in [6.07, 6.45) is 5.18. The van der Waals surface area contributed by atoms with Crippen molar-refractivity contribution < 1.29 is 4.79 Å². The number of likely N-dealkylation sites (tertiary alicyclic amines) is 1. The van der Waals surface area contributed by atoms with Crippen LogP contribution in [0.2, 0.25) is 0 Å². The van der Waals surface area contributed by atoms with Crippen molar-refractivity contribution in [1.82, 2.24) is 29.8 Å². The molecule has 1 atom stereocenters. The fourth-order valence-corrected chi connectivity index (χ4v) is 4.22. The molecule has 2 aromatic rings. The lowest BCUT2D eigenvalue weighted by Crippen LogP contribution is -2.53. The Balaban J connectivity index is 1.57. The van der Waals surface area contributed by atoms with E-state index in [1.54, 1.807) is 4.52 Å². The minimum absolute atomic E-state index is 0.0857. The van der Waals surface area contributed by atoms with Crippen LogP contribution in [0.1, 0.15) is 57.0 Å². The first-order valence-corrected chi connectivity index (χ1v) is 9.94. The van der Waals surface area contributed by atoms with Crippen LogP contribution in [0.4, 0.5) is 0 Å².